The molecule has 0 spiro atoms. The molecule has 0 heterocycles. The first-order valence-corrected chi connectivity index (χ1v) is 7.67. The molecule has 1 aromatic carbocycles. The van der Waals surface area contributed by atoms with Crippen LogP contribution in [0.1, 0.15) is 5.56 Å². The molecule has 1 rings (SSSR count). The van der Waals surface area contributed by atoms with E-state index in [1.807, 2.05) is 30.3 Å². The van der Waals surface area contributed by atoms with E-state index >= 15 is 0 Å². The van der Waals surface area contributed by atoms with Crippen molar-refractivity contribution in [3.05, 3.63) is 48.3 Å². The summed E-state index contributed by atoms with van der Waals surface area (Å²) in [6, 6.07) is 9.60. The molecule has 0 saturated carbocycles. The third-order valence-corrected chi connectivity index (χ3v) is 4.55. The first-order chi connectivity index (χ1) is 7.01. The summed E-state index contributed by atoms with van der Waals surface area (Å²) in [6.07, 6.45) is 1.63. The molecule has 1 aromatic rings. The van der Waals surface area contributed by atoms with Gasteiger partial charge >= 0.3 is 0 Å². The van der Waals surface area contributed by atoms with Gasteiger partial charge in [0, 0.05) is 6.16 Å². The minimum absolute atomic E-state index is 0.576. The van der Waals surface area contributed by atoms with Crippen LogP contribution in [0.4, 0.5) is 0 Å². The van der Waals surface area contributed by atoms with Crippen molar-refractivity contribution in [3.63, 3.8) is 0 Å². The Labute approximate surface area is 91.7 Å². The van der Waals surface area contributed by atoms with Gasteiger partial charge < -0.3 is 0 Å². The molecule has 82 valence electrons. The molecule has 0 bridgehead atoms. The molecule has 0 aromatic heterocycles. The SMILES string of the molecule is C=CP(Cc1ccccc1)OS(C)(=O)=O. The lowest BCUT2D eigenvalue weighted by molar-refractivity contribution is 0.517. The maximum absolute atomic E-state index is 10.9. The maximum Gasteiger partial charge on any atom is 0.267 e. The molecule has 3 nitrogen and oxygen atoms in total. The highest BCUT2D eigenvalue weighted by Crippen LogP contribution is 2.43. The minimum atomic E-state index is -3.40. The van der Waals surface area contributed by atoms with Crippen molar-refractivity contribution in [1.29, 1.82) is 0 Å². The van der Waals surface area contributed by atoms with Crippen LogP contribution in [0.3, 0.4) is 0 Å². The Balaban J connectivity index is 2.67. The number of benzene rings is 1. The van der Waals surface area contributed by atoms with Crippen molar-refractivity contribution in [1.82, 2.24) is 0 Å². The lowest BCUT2D eigenvalue weighted by Gasteiger charge is -2.11. The summed E-state index contributed by atoms with van der Waals surface area (Å²) in [7, 11) is -4.54. The van der Waals surface area contributed by atoms with Gasteiger partial charge in [-0.05, 0) is 11.4 Å². The van der Waals surface area contributed by atoms with E-state index in [0.29, 0.717) is 6.16 Å². The Kier molecular flexibility index (Phi) is 4.45. The van der Waals surface area contributed by atoms with Crippen molar-refractivity contribution in [3.8, 4) is 0 Å². The summed E-state index contributed by atoms with van der Waals surface area (Å²) in [4.78, 5) is 0. The highest BCUT2D eigenvalue weighted by molar-refractivity contribution is 7.90. The Morgan fingerprint density at radius 1 is 1.40 bits per heavy atom. The zero-order valence-corrected chi connectivity index (χ0v) is 10.2. The second-order valence-electron chi connectivity index (χ2n) is 3.02. The first-order valence-electron chi connectivity index (χ1n) is 4.34. The summed E-state index contributed by atoms with van der Waals surface area (Å²) in [5.74, 6) is 1.56. The molecule has 0 aliphatic carbocycles. The summed E-state index contributed by atoms with van der Waals surface area (Å²) in [6.45, 7) is 3.58. The smallest absolute Gasteiger partial charge is 0.243 e. The Morgan fingerprint density at radius 3 is 2.47 bits per heavy atom. The summed E-state index contributed by atoms with van der Waals surface area (Å²) >= 11 is 0. The van der Waals surface area contributed by atoms with Crippen molar-refractivity contribution < 1.29 is 12.4 Å². The fraction of sp³-hybridized carbons (Fsp3) is 0.200. The fourth-order valence-corrected chi connectivity index (χ4v) is 3.60. The topological polar surface area (TPSA) is 43.4 Å². The highest BCUT2D eigenvalue weighted by atomic mass is 32.2. The van der Waals surface area contributed by atoms with Crippen LogP contribution in [0.2, 0.25) is 0 Å². The van der Waals surface area contributed by atoms with Crippen molar-refractivity contribution >= 4 is 18.3 Å². The molecule has 5 heteroatoms. The van der Waals surface area contributed by atoms with Crippen LogP contribution < -0.4 is 0 Å². The highest BCUT2D eigenvalue weighted by Gasteiger charge is 2.12. The van der Waals surface area contributed by atoms with Crippen molar-refractivity contribution in [2.24, 2.45) is 0 Å². The number of rotatable bonds is 5. The van der Waals surface area contributed by atoms with Crippen LogP contribution >= 0.6 is 8.15 Å². The molecule has 0 radical (unpaired) electrons. The standard InChI is InChI=1S/C10H13O3PS/c1-3-14(13-15(2,11)12)9-10-7-5-4-6-8-10/h3-8H,1,9H2,2H3. The van der Waals surface area contributed by atoms with Gasteiger partial charge in [0.2, 0.25) is 0 Å². The van der Waals surface area contributed by atoms with Crippen LogP contribution in [-0.2, 0) is 20.3 Å². The third-order valence-electron chi connectivity index (χ3n) is 1.62. The van der Waals surface area contributed by atoms with E-state index in [1.54, 1.807) is 5.82 Å². The first kappa shape index (κ1) is 12.4. The van der Waals surface area contributed by atoms with Crippen LogP contribution in [-0.4, -0.2) is 14.7 Å². The van der Waals surface area contributed by atoms with E-state index < -0.39 is 18.3 Å². The van der Waals surface area contributed by atoms with Crippen LogP contribution in [0.25, 0.3) is 0 Å². The lowest BCUT2D eigenvalue weighted by atomic mass is 10.2. The second kappa shape index (κ2) is 5.40. The predicted octanol–water partition coefficient (Wildman–Crippen LogP) is 2.70. The molecule has 0 aliphatic heterocycles. The van der Waals surface area contributed by atoms with Gasteiger partial charge in [0.15, 0.2) is 0 Å². The minimum Gasteiger partial charge on any atom is -0.243 e. The van der Waals surface area contributed by atoms with Gasteiger partial charge in [0.25, 0.3) is 10.1 Å². The van der Waals surface area contributed by atoms with Gasteiger partial charge in [0.1, 0.15) is 0 Å². The van der Waals surface area contributed by atoms with Gasteiger partial charge in [0.05, 0.1) is 14.4 Å². The van der Waals surface area contributed by atoms with Gasteiger partial charge in [-0.2, -0.15) is 8.42 Å². The molecule has 1 unspecified atom stereocenters. The third kappa shape index (κ3) is 5.07. The molecule has 0 amide bonds. The average Bonchev–Trinajstić information content (AvgIpc) is 2.16. The molecule has 15 heavy (non-hydrogen) atoms. The zero-order chi connectivity index (χ0) is 11.3. The maximum atomic E-state index is 10.9. The average molecular weight is 244 g/mol. The zero-order valence-electron chi connectivity index (χ0n) is 8.46. The molecule has 0 fully saturated rings. The Morgan fingerprint density at radius 2 is 2.00 bits per heavy atom. The summed E-state index contributed by atoms with van der Waals surface area (Å²) in [5.41, 5.74) is 1.05. The monoisotopic (exact) mass is 244 g/mol. The molecule has 0 aliphatic rings. The van der Waals surface area contributed by atoms with Gasteiger partial charge in [-0.3, -0.25) is 0 Å². The van der Waals surface area contributed by atoms with Crippen molar-refractivity contribution in [2.75, 3.05) is 6.26 Å². The fourth-order valence-electron chi connectivity index (χ4n) is 1.06. The van der Waals surface area contributed by atoms with Crippen LogP contribution in [0.15, 0.2) is 42.7 Å². The largest absolute Gasteiger partial charge is 0.267 e. The van der Waals surface area contributed by atoms with E-state index in [9.17, 15) is 8.42 Å². The van der Waals surface area contributed by atoms with E-state index in [0.717, 1.165) is 11.8 Å². The van der Waals surface area contributed by atoms with E-state index in [-0.39, 0.29) is 0 Å². The molecular weight excluding hydrogens is 231 g/mol. The lowest BCUT2D eigenvalue weighted by Crippen LogP contribution is -1.98. The van der Waals surface area contributed by atoms with Gasteiger partial charge in [-0.15, -0.1) is 0 Å². The van der Waals surface area contributed by atoms with E-state index in [4.69, 9.17) is 3.97 Å². The number of hydrogen-bond acceptors (Lipinski definition) is 3. The quantitative estimate of drug-likeness (QED) is 0.748. The van der Waals surface area contributed by atoms with E-state index in [2.05, 4.69) is 6.58 Å². The van der Waals surface area contributed by atoms with Gasteiger partial charge in [-0.1, -0.05) is 36.9 Å². The van der Waals surface area contributed by atoms with Crippen molar-refractivity contribution in [2.45, 2.75) is 6.16 Å². The predicted molar refractivity (Wildman–Crippen MR) is 63.2 cm³/mol. The molecule has 1 atom stereocenters. The Hall–Kier alpha value is -0.700. The van der Waals surface area contributed by atoms with Crippen LogP contribution in [0.5, 0.6) is 0 Å². The van der Waals surface area contributed by atoms with Crippen LogP contribution in [0, 0.1) is 0 Å². The normalized spacial score (nSPS) is 13.4. The molecular formula is C10H13O3PS. The number of hydrogen-bond donors (Lipinski definition) is 0. The second-order valence-corrected chi connectivity index (χ2v) is 6.54. The Bertz CT molecular complexity index is 414. The van der Waals surface area contributed by atoms with E-state index in [1.165, 1.54) is 0 Å². The van der Waals surface area contributed by atoms with Gasteiger partial charge in [-0.25, -0.2) is 3.97 Å². The molecule has 0 N–H and O–H groups in total. The summed E-state index contributed by atoms with van der Waals surface area (Å²) < 4.78 is 26.8. The summed E-state index contributed by atoms with van der Waals surface area (Å²) in [5, 5.41) is 0. The molecule has 0 saturated heterocycles.